The van der Waals surface area contributed by atoms with Crippen LogP contribution < -0.4 is 10.5 Å². The van der Waals surface area contributed by atoms with Crippen molar-refractivity contribution >= 4 is 11.7 Å². The molecule has 2 N–H and O–H groups in total. The average molecular weight is 269 g/mol. The molecule has 0 aliphatic rings. The van der Waals surface area contributed by atoms with Gasteiger partial charge in [-0.15, -0.1) is 0 Å². The zero-order chi connectivity index (χ0) is 14.5. The normalized spacial score (nSPS) is 11.2. The number of methoxy groups -OCH3 is 1. The van der Waals surface area contributed by atoms with E-state index in [1.807, 2.05) is 13.0 Å². The molecule has 5 heteroatoms. The maximum Gasteiger partial charge on any atom is 0.279 e. The fourth-order valence-corrected chi connectivity index (χ4v) is 1.71. The molecule has 0 spiro atoms. The van der Waals surface area contributed by atoms with Crippen molar-refractivity contribution in [1.29, 1.82) is 0 Å². The minimum atomic E-state index is -0.399. The summed E-state index contributed by atoms with van der Waals surface area (Å²) in [5, 5.41) is 0. The number of benzene rings is 1. The molecule has 1 aromatic heterocycles. The third-order valence-corrected chi connectivity index (χ3v) is 2.85. The van der Waals surface area contributed by atoms with Crippen molar-refractivity contribution < 1.29 is 9.53 Å². The van der Waals surface area contributed by atoms with Crippen molar-refractivity contribution in [2.45, 2.75) is 6.92 Å². The summed E-state index contributed by atoms with van der Waals surface area (Å²) in [5.74, 6) is 0.464. The zero-order valence-electron chi connectivity index (χ0n) is 11.3. The lowest BCUT2D eigenvalue weighted by Crippen LogP contribution is -2.16. The second-order valence-electron chi connectivity index (χ2n) is 4.22. The number of hydrogen-bond donors (Lipinski definition) is 1. The third kappa shape index (κ3) is 3.00. The van der Waals surface area contributed by atoms with Gasteiger partial charge in [-0.05, 0) is 30.7 Å². The molecule has 0 aliphatic carbocycles. The molecule has 20 heavy (non-hydrogen) atoms. The number of hydrogen-bond acceptors (Lipinski definition) is 3. The molecule has 102 valence electrons. The van der Waals surface area contributed by atoms with Gasteiger partial charge in [0, 0.05) is 23.5 Å². The van der Waals surface area contributed by atoms with E-state index < -0.39 is 5.91 Å². The number of carbonyl (C=O) groups excluding carboxylic acids is 1. The van der Waals surface area contributed by atoms with Crippen molar-refractivity contribution in [3.63, 3.8) is 0 Å². The SMILES string of the molecule is COc1cc(C(N)=NC(=O)c2ccncc2)ccc1C. The van der Waals surface area contributed by atoms with Crippen LogP contribution in [0.15, 0.2) is 47.7 Å². The predicted octanol–water partition coefficient (Wildman–Crippen LogP) is 1.94. The molecule has 0 atom stereocenters. The van der Waals surface area contributed by atoms with Crippen LogP contribution in [0.5, 0.6) is 5.75 Å². The highest BCUT2D eigenvalue weighted by molar-refractivity contribution is 6.08. The van der Waals surface area contributed by atoms with Crippen LogP contribution >= 0.6 is 0 Å². The minimum Gasteiger partial charge on any atom is -0.496 e. The molecule has 0 aliphatic heterocycles. The highest BCUT2D eigenvalue weighted by Crippen LogP contribution is 2.18. The second-order valence-corrected chi connectivity index (χ2v) is 4.22. The number of pyridine rings is 1. The van der Waals surface area contributed by atoms with Gasteiger partial charge in [-0.3, -0.25) is 9.78 Å². The van der Waals surface area contributed by atoms with E-state index >= 15 is 0 Å². The number of ether oxygens (including phenoxy) is 1. The lowest BCUT2D eigenvalue weighted by molar-refractivity contribution is 0.100. The molecule has 1 heterocycles. The van der Waals surface area contributed by atoms with E-state index in [-0.39, 0.29) is 5.84 Å². The van der Waals surface area contributed by atoms with Crippen molar-refractivity contribution in [2.24, 2.45) is 10.7 Å². The molecular formula is C15H15N3O2. The summed E-state index contributed by atoms with van der Waals surface area (Å²) in [5.41, 5.74) is 7.95. The van der Waals surface area contributed by atoms with Crippen LogP contribution in [0.25, 0.3) is 0 Å². The summed E-state index contributed by atoms with van der Waals surface area (Å²) in [6, 6.07) is 8.61. The summed E-state index contributed by atoms with van der Waals surface area (Å²) in [4.78, 5) is 19.7. The number of carbonyl (C=O) groups is 1. The highest BCUT2D eigenvalue weighted by atomic mass is 16.5. The Morgan fingerprint density at radius 1 is 1.20 bits per heavy atom. The molecule has 0 fully saturated rings. The number of amidine groups is 1. The molecule has 5 nitrogen and oxygen atoms in total. The Morgan fingerprint density at radius 3 is 2.55 bits per heavy atom. The van der Waals surface area contributed by atoms with E-state index in [2.05, 4.69) is 9.98 Å². The molecule has 0 bridgehead atoms. The second kappa shape index (κ2) is 5.97. The standard InChI is InChI=1S/C15H15N3O2/c1-10-3-4-12(9-13(10)20-2)14(16)18-15(19)11-5-7-17-8-6-11/h3-9H,1-2H3,(H2,16,18,19). The number of aryl methyl sites for hydroxylation is 1. The molecule has 2 aromatic rings. The first-order valence-electron chi connectivity index (χ1n) is 6.05. The summed E-state index contributed by atoms with van der Waals surface area (Å²) >= 11 is 0. The van der Waals surface area contributed by atoms with Crippen LogP contribution in [0.3, 0.4) is 0 Å². The quantitative estimate of drug-likeness (QED) is 0.682. The molecule has 0 saturated heterocycles. The van der Waals surface area contributed by atoms with E-state index in [1.54, 1.807) is 31.4 Å². The Labute approximate surface area is 117 Å². The first-order valence-corrected chi connectivity index (χ1v) is 6.05. The van der Waals surface area contributed by atoms with E-state index in [4.69, 9.17) is 10.5 Å². The summed E-state index contributed by atoms with van der Waals surface area (Å²) in [6.45, 7) is 1.93. The Hall–Kier alpha value is -2.69. The zero-order valence-corrected chi connectivity index (χ0v) is 11.3. The Bertz CT molecular complexity index is 651. The van der Waals surface area contributed by atoms with Crippen LogP contribution in [-0.2, 0) is 0 Å². The average Bonchev–Trinajstić information content (AvgIpc) is 2.48. The molecule has 1 amide bonds. The lowest BCUT2D eigenvalue weighted by atomic mass is 10.1. The van der Waals surface area contributed by atoms with Gasteiger partial charge in [-0.25, -0.2) is 0 Å². The van der Waals surface area contributed by atoms with E-state index in [0.29, 0.717) is 16.9 Å². The van der Waals surface area contributed by atoms with Gasteiger partial charge in [0.1, 0.15) is 11.6 Å². The number of rotatable bonds is 3. The van der Waals surface area contributed by atoms with E-state index in [0.717, 1.165) is 5.56 Å². The Kier molecular flexibility index (Phi) is 4.10. The maximum atomic E-state index is 11.9. The van der Waals surface area contributed by atoms with Crippen molar-refractivity contribution in [1.82, 2.24) is 4.98 Å². The molecule has 0 unspecified atom stereocenters. The first-order chi connectivity index (χ1) is 9.61. The van der Waals surface area contributed by atoms with Gasteiger partial charge in [0.2, 0.25) is 0 Å². The lowest BCUT2D eigenvalue weighted by Gasteiger charge is -2.07. The van der Waals surface area contributed by atoms with Crippen molar-refractivity contribution in [3.8, 4) is 5.75 Å². The third-order valence-electron chi connectivity index (χ3n) is 2.85. The summed E-state index contributed by atoms with van der Waals surface area (Å²) < 4.78 is 5.22. The van der Waals surface area contributed by atoms with Crippen molar-refractivity contribution in [2.75, 3.05) is 7.11 Å². The van der Waals surface area contributed by atoms with Gasteiger partial charge in [0.15, 0.2) is 0 Å². The number of aromatic nitrogens is 1. The predicted molar refractivity (Wildman–Crippen MR) is 77.0 cm³/mol. The Morgan fingerprint density at radius 2 is 1.90 bits per heavy atom. The highest BCUT2D eigenvalue weighted by Gasteiger charge is 2.08. The van der Waals surface area contributed by atoms with Gasteiger partial charge >= 0.3 is 0 Å². The smallest absolute Gasteiger partial charge is 0.279 e. The molecule has 2 rings (SSSR count). The first kappa shape index (κ1) is 13.7. The molecule has 0 radical (unpaired) electrons. The van der Waals surface area contributed by atoms with E-state index in [1.165, 1.54) is 12.4 Å². The Balaban J connectivity index is 2.29. The van der Waals surface area contributed by atoms with Gasteiger partial charge in [-0.1, -0.05) is 12.1 Å². The minimum absolute atomic E-state index is 0.158. The van der Waals surface area contributed by atoms with Crippen molar-refractivity contribution in [3.05, 3.63) is 59.4 Å². The van der Waals surface area contributed by atoms with Crippen LogP contribution in [0.4, 0.5) is 0 Å². The van der Waals surface area contributed by atoms with Gasteiger partial charge in [0.25, 0.3) is 5.91 Å². The number of aliphatic imine (C=N–C) groups is 1. The maximum absolute atomic E-state index is 11.9. The largest absolute Gasteiger partial charge is 0.496 e. The number of nitrogens with two attached hydrogens (primary N) is 1. The number of amides is 1. The van der Waals surface area contributed by atoms with Gasteiger partial charge in [-0.2, -0.15) is 4.99 Å². The van der Waals surface area contributed by atoms with Gasteiger partial charge in [0.05, 0.1) is 7.11 Å². The molecule has 1 aromatic carbocycles. The van der Waals surface area contributed by atoms with Gasteiger partial charge < -0.3 is 10.5 Å². The summed E-state index contributed by atoms with van der Waals surface area (Å²) in [6.07, 6.45) is 3.07. The fraction of sp³-hybridized carbons (Fsp3) is 0.133. The van der Waals surface area contributed by atoms with Crippen LogP contribution in [0.2, 0.25) is 0 Å². The van der Waals surface area contributed by atoms with Crippen LogP contribution in [-0.4, -0.2) is 23.8 Å². The molecule has 0 saturated carbocycles. The summed E-state index contributed by atoms with van der Waals surface area (Å²) in [7, 11) is 1.58. The topological polar surface area (TPSA) is 77.6 Å². The monoisotopic (exact) mass is 269 g/mol. The van der Waals surface area contributed by atoms with Crippen LogP contribution in [0, 0.1) is 6.92 Å². The number of nitrogens with zero attached hydrogens (tertiary/aromatic N) is 2. The molecular weight excluding hydrogens is 254 g/mol. The fourth-order valence-electron chi connectivity index (χ4n) is 1.71. The van der Waals surface area contributed by atoms with E-state index in [9.17, 15) is 4.79 Å². The van der Waals surface area contributed by atoms with Crippen LogP contribution in [0.1, 0.15) is 21.5 Å².